The van der Waals surface area contributed by atoms with Crippen molar-refractivity contribution in [3.05, 3.63) is 30.1 Å². The summed E-state index contributed by atoms with van der Waals surface area (Å²) >= 11 is 0. The number of amides is 2. The molecule has 24 heavy (non-hydrogen) atoms. The fourth-order valence-corrected chi connectivity index (χ4v) is 4.47. The van der Waals surface area contributed by atoms with Gasteiger partial charge in [0.05, 0.1) is 6.61 Å². The minimum Gasteiger partial charge on any atom is -0.383 e. The lowest BCUT2D eigenvalue weighted by Gasteiger charge is -2.31. The second kappa shape index (κ2) is 7.97. The van der Waals surface area contributed by atoms with E-state index in [2.05, 4.69) is 17.2 Å². The second-order valence-electron chi connectivity index (χ2n) is 7.35. The molecule has 2 aliphatic carbocycles. The van der Waals surface area contributed by atoms with Crippen LogP contribution in [0.1, 0.15) is 38.2 Å². The Morgan fingerprint density at radius 3 is 2.96 bits per heavy atom. The van der Waals surface area contributed by atoms with Crippen LogP contribution in [0.5, 0.6) is 0 Å². The van der Waals surface area contributed by atoms with Gasteiger partial charge in [-0.3, -0.25) is 4.98 Å². The van der Waals surface area contributed by atoms with E-state index in [1.165, 1.54) is 25.7 Å². The summed E-state index contributed by atoms with van der Waals surface area (Å²) < 4.78 is 5.17. The van der Waals surface area contributed by atoms with E-state index in [9.17, 15) is 4.79 Å². The lowest BCUT2D eigenvalue weighted by atomic mass is 9.84. The van der Waals surface area contributed by atoms with Crippen LogP contribution in [0.25, 0.3) is 0 Å². The summed E-state index contributed by atoms with van der Waals surface area (Å²) in [6.07, 6.45) is 8.95. The van der Waals surface area contributed by atoms with E-state index in [1.807, 2.05) is 23.2 Å². The van der Waals surface area contributed by atoms with Crippen molar-refractivity contribution in [2.75, 3.05) is 20.3 Å². The van der Waals surface area contributed by atoms with Gasteiger partial charge in [0.25, 0.3) is 0 Å². The molecular weight excluding hydrogens is 302 g/mol. The third-order valence-corrected chi connectivity index (χ3v) is 5.73. The van der Waals surface area contributed by atoms with Crippen LogP contribution in [0, 0.1) is 17.8 Å². The summed E-state index contributed by atoms with van der Waals surface area (Å²) in [6.45, 7) is 3.85. The van der Waals surface area contributed by atoms with Gasteiger partial charge in [-0.25, -0.2) is 4.79 Å². The van der Waals surface area contributed by atoms with Crippen LogP contribution in [0.15, 0.2) is 24.5 Å². The number of hydrogen-bond acceptors (Lipinski definition) is 3. The summed E-state index contributed by atoms with van der Waals surface area (Å²) in [6, 6.07) is 4.15. The number of hydrogen-bond donors (Lipinski definition) is 1. The molecule has 2 saturated carbocycles. The zero-order valence-corrected chi connectivity index (χ0v) is 14.8. The molecular formula is C19H29N3O2. The molecule has 0 radical (unpaired) electrons. The highest BCUT2D eigenvalue weighted by Crippen LogP contribution is 2.49. The monoisotopic (exact) mass is 331 g/mol. The summed E-state index contributed by atoms with van der Waals surface area (Å²) in [5.74, 6) is 2.37. The van der Waals surface area contributed by atoms with Gasteiger partial charge in [-0.2, -0.15) is 0 Å². The predicted molar refractivity (Wildman–Crippen MR) is 93.5 cm³/mol. The molecule has 5 nitrogen and oxygen atoms in total. The van der Waals surface area contributed by atoms with E-state index in [4.69, 9.17) is 4.74 Å². The Balaban J connectivity index is 1.58. The number of nitrogens with zero attached hydrogens (tertiary/aromatic N) is 2. The third kappa shape index (κ3) is 4.07. The number of rotatable bonds is 7. The zero-order valence-electron chi connectivity index (χ0n) is 14.8. The lowest BCUT2D eigenvalue weighted by Crippen LogP contribution is -2.47. The molecule has 0 aromatic carbocycles. The molecule has 0 saturated heterocycles. The number of carbonyl (C=O) groups is 1. The minimum atomic E-state index is 0.00572. The topological polar surface area (TPSA) is 54.5 Å². The molecule has 0 aliphatic heterocycles. The lowest BCUT2D eigenvalue weighted by molar-refractivity contribution is 0.141. The highest BCUT2D eigenvalue weighted by Gasteiger charge is 2.42. The van der Waals surface area contributed by atoms with Gasteiger partial charge in [0.1, 0.15) is 0 Å². The molecule has 2 fully saturated rings. The van der Waals surface area contributed by atoms with Crippen LogP contribution in [-0.2, 0) is 11.3 Å². The Labute approximate surface area is 144 Å². The van der Waals surface area contributed by atoms with Crippen LogP contribution in [-0.4, -0.2) is 42.2 Å². The van der Waals surface area contributed by atoms with E-state index in [0.717, 1.165) is 17.4 Å². The number of urea groups is 1. The molecule has 1 heterocycles. The van der Waals surface area contributed by atoms with Crippen molar-refractivity contribution in [1.82, 2.24) is 15.2 Å². The molecule has 4 unspecified atom stereocenters. The van der Waals surface area contributed by atoms with Crippen molar-refractivity contribution in [2.45, 2.75) is 45.2 Å². The van der Waals surface area contributed by atoms with Crippen molar-refractivity contribution in [1.29, 1.82) is 0 Å². The maximum absolute atomic E-state index is 12.8. The molecule has 1 aromatic rings. The molecule has 132 valence electrons. The van der Waals surface area contributed by atoms with E-state index < -0.39 is 0 Å². The summed E-state index contributed by atoms with van der Waals surface area (Å²) in [5.41, 5.74) is 1.04. The number of methoxy groups -OCH3 is 1. The first-order chi connectivity index (χ1) is 11.7. The number of aromatic nitrogens is 1. The first-order valence-corrected chi connectivity index (χ1v) is 9.10. The Bertz CT molecular complexity index is 537. The molecule has 1 N–H and O–H groups in total. The molecule has 5 heteroatoms. The summed E-state index contributed by atoms with van der Waals surface area (Å²) in [5, 5.41) is 3.25. The molecule has 3 rings (SSSR count). The first-order valence-electron chi connectivity index (χ1n) is 9.10. The van der Waals surface area contributed by atoms with Gasteiger partial charge in [-0.15, -0.1) is 0 Å². The SMILES string of the molecule is COCCN(Cc1cccnc1)C(=O)NC(C)C1CC2CCC1C2. The maximum Gasteiger partial charge on any atom is 0.317 e. The Hall–Kier alpha value is -1.62. The van der Waals surface area contributed by atoms with Gasteiger partial charge in [-0.05, 0) is 55.6 Å². The number of nitrogens with one attached hydrogen (secondary N) is 1. The van der Waals surface area contributed by atoms with Crippen LogP contribution in [0.4, 0.5) is 4.79 Å². The molecule has 1 aromatic heterocycles. The average molecular weight is 331 g/mol. The third-order valence-electron chi connectivity index (χ3n) is 5.73. The molecule has 4 atom stereocenters. The van der Waals surface area contributed by atoms with Gasteiger partial charge in [-0.1, -0.05) is 12.5 Å². The van der Waals surface area contributed by atoms with E-state index >= 15 is 0 Å². The number of carbonyl (C=O) groups excluding carboxylic acids is 1. The minimum absolute atomic E-state index is 0.00572. The van der Waals surface area contributed by atoms with Gasteiger partial charge in [0.15, 0.2) is 0 Å². The Kier molecular flexibility index (Phi) is 5.72. The van der Waals surface area contributed by atoms with Gasteiger partial charge in [0, 0.05) is 38.6 Å². The smallest absolute Gasteiger partial charge is 0.317 e. The molecule has 2 aliphatic rings. The van der Waals surface area contributed by atoms with E-state index in [1.54, 1.807) is 13.3 Å². The van der Waals surface area contributed by atoms with Gasteiger partial charge >= 0.3 is 6.03 Å². The average Bonchev–Trinajstić information content (AvgIpc) is 3.22. The van der Waals surface area contributed by atoms with Crippen LogP contribution < -0.4 is 5.32 Å². The highest BCUT2D eigenvalue weighted by molar-refractivity contribution is 5.74. The molecule has 2 amide bonds. The second-order valence-corrected chi connectivity index (χ2v) is 7.35. The van der Waals surface area contributed by atoms with E-state index in [-0.39, 0.29) is 12.1 Å². The van der Waals surface area contributed by atoms with E-state index in [0.29, 0.717) is 25.6 Å². The number of fused-ring (bicyclic) bond motifs is 2. The quantitative estimate of drug-likeness (QED) is 0.835. The normalized spacial score (nSPS) is 26.3. The van der Waals surface area contributed by atoms with Crippen molar-refractivity contribution in [2.24, 2.45) is 17.8 Å². The molecule has 2 bridgehead atoms. The molecule has 0 spiro atoms. The van der Waals surface area contributed by atoms with Gasteiger partial charge < -0.3 is 15.0 Å². The summed E-state index contributed by atoms with van der Waals surface area (Å²) in [7, 11) is 1.66. The van der Waals surface area contributed by atoms with Crippen molar-refractivity contribution >= 4 is 6.03 Å². The van der Waals surface area contributed by atoms with Crippen LogP contribution >= 0.6 is 0 Å². The Morgan fingerprint density at radius 2 is 2.33 bits per heavy atom. The van der Waals surface area contributed by atoms with Crippen LogP contribution in [0.2, 0.25) is 0 Å². The largest absolute Gasteiger partial charge is 0.383 e. The predicted octanol–water partition coefficient (Wildman–Crippen LogP) is 3.06. The first kappa shape index (κ1) is 17.2. The highest BCUT2D eigenvalue weighted by atomic mass is 16.5. The number of ether oxygens (including phenoxy) is 1. The van der Waals surface area contributed by atoms with Crippen molar-refractivity contribution in [3.8, 4) is 0 Å². The summed E-state index contributed by atoms with van der Waals surface area (Å²) in [4.78, 5) is 18.7. The maximum atomic E-state index is 12.8. The number of pyridine rings is 1. The van der Waals surface area contributed by atoms with Crippen LogP contribution in [0.3, 0.4) is 0 Å². The van der Waals surface area contributed by atoms with Crippen molar-refractivity contribution < 1.29 is 9.53 Å². The van der Waals surface area contributed by atoms with Gasteiger partial charge in [0.2, 0.25) is 0 Å². The fraction of sp³-hybridized carbons (Fsp3) is 0.684. The van der Waals surface area contributed by atoms with Crippen molar-refractivity contribution in [3.63, 3.8) is 0 Å². The Morgan fingerprint density at radius 1 is 1.46 bits per heavy atom. The fourth-order valence-electron chi connectivity index (χ4n) is 4.47. The standard InChI is InChI=1S/C19H29N3O2/c1-14(18-11-15-5-6-17(18)10-15)21-19(23)22(8-9-24-2)13-16-4-3-7-20-12-16/h3-4,7,12,14-15,17-18H,5-6,8-11,13H2,1-2H3,(H,21,23). The zero-order chi connectivity index (χ0) is 16.9.